The molecular weight excluding hydrogens is 576 g/mol. The largest absolute Gasteiger partial charge is 0.356 e. The lowest BCUT2D eigenvalue weighted by atomic mass is 9.86. The van der Waals surface area contributed by atoms with Crippen LogP contribution in [0.15, 0.2) is 36.4 Å². The highest BCUT2D eigenvalue weighted by Crippen LogP contribution is 2.37. The molecule has 0 fully saturated rings. The summed E-state index contributed by atoms with van der Waals surface area (Å²) in [6, 6.07) is 6.38. The smallest absolute Gasteiger partial charge is 0.261 e. The number of nitrogens with zero attached hydrogens (tertiary/aromatic N) is 4. The number of imide groups is 2. The number of hydrogen-bond donors (Lipinski definition) is 2. The van der Waals surface area contributed by atoms with Crippen LogP contribution >= 0.6 is 0 Å². The van der Waals surface area contributed by atoms with E-state index in [1.807, 2.05) is 14.1 Å². The standard InChI is InChI=1S/C33H40N6O6/c1-36-16-4-14-34-26(40)8-3-9-27(41)35-15-5-17-37(2)19-7-21-39-32(44)24-12-10-22-28-23(11-13-25(29(24)28)33(39)45)31(43)38(30(22)42)20-6-18-36/h3,8,10-13H,4-7,9,14-21H2,1-2H3,(H,34,40)(H,35,41)/b8-3-. The lowest BCUT2D eigenvalue weighted by Crippen LogP contribution is -2.44. The Kier molecular flexibility index (Phi) is 10.0. The molecule has 0 aromatic heterocycles. The van der Waals surface area contributed by atoms with Crippen molar-refractivity contribution >= 4 is 46.2 Å². The van der Waals surface area contributed by atoms with Gasteiger partial charge in [0.2, 0.25) is 11.8 Å². The monoisotopic (exact) mass is 616 g/mol. The molecule has 0 saturated heterocycles. The average molecular weight is 617 g/mol. The van der Waals surface area contributed by atoms with Gasteiger partial charge >= 0.3 is 0 Å². The first-order valence-electron chi connectivity index (χ1n) is 15.6. The Hall–Kier alpha value is -4.42. The number of rotatable bonds is 0. The van der Waals surface area contributed by atoms with Gasteiger partial charge in [-0.25, -0.2) is 0 Å². The average Bonchev–Trinajstić information content (AvgIpc) is 3.02. The van der Waals surface area contributed by atoms with Crippen molar-refractivity contribution in [3.8, 4) is 0 Å². The third-order valence-corrected chi connectivity index (χ3v) is 8.53. The zero-order chi connectivity index (χ0) is 32.1. The van der Waals surface area contributed by atoms with Crippen molar-refractivity contribution in [3.63, 3.8) is 0 Å². The van der Waals surface area contributed by atoms with E-state index >= 15 is 0 Å². The summed E-state index contributed by atoms with van der Waals surface area (Å²) < 4.78 is 0. The van der Waals surface area contributed by atoms with Crippen LogP contribution in [0, 0.1) is 0 Å². The number of carbonyl (C=O) groups is 6. The zero-order valence-corrected chi connectivity index (χ0v) is 25.9. The first-order chi connectivity index (χ1) is 21.7. The van der Waals surface area contributed by atoms with Gasteiger partial charge in [-0.05, 0) is 96.3 Å². The second-order valence-electron chi connectivity index (χ2n) is 11.9. The molecule has 0 aliphatic carbocycles. The van der Waals surface area contributed by atoms with Gasteiger partial charge in [0.25, 0.3) is 23.6 Å². The molecule has 5 heterocycles. The van der Waals surface area contributed by atoms with Gasteiger partial charge in [0.1, 0.15) is 0 Å². The van der Waals surface area contributed by atoms with Crippen LogP contribution in [0.1, 0.15) is 73.5 Å². The number of amides is 6. The zero-order valence-electron chi connectivity index (χ0n) is 25.9. The van der Waals surface area contributed by atoms with E-state index in [-0.39, 0.29) is 31.3 Å². The highest BCUT2D eigenvalue weighted by molar-refractivity contribution is 6.33. The Morgan fingerprint density at radius 2 is 0.933 bits per heavy atom. The molecule has 0 atom stereocenters. The molecule has 6 amide bonds. The van der Waals surface area contributed by atoms with Crippen LogP contribution in [0.4, 0.5) is 0 Å². The van der Waals surface area contributed by atoms with Crippen LogP contribution < -0.4 is 10.6 Å². The fraction of sp³-hybridized carbons (Fsp3) is 0.455. The number of benzene rings is 2. The molecule has 12 nitrogen and oxygen atoms in total. The summed E-state index contributed by atoms with van der Waals surface area (Å²) >= 11 is 0. The maximum atomic E-state index is 13.5. The van der Waals surface area contributed by atoms with E-state index in [1.165, 1.54) is 15.9 Å². The fourth-order valence-corrected chi connectivity index (χ4v) is 6.14. The van der Waals surface area contributed by atoms with Crippen LogP contribution in [0.2, 0.25) is 0 Å². The molecular formula is C33H40N6O6. The minimum Gasteiger partial charge on any atom is -0.356 e. The van der Waals surface area contributed by atoms with Gasteiger partial charge in [-0.15, -0.1) is 0 Å². The van der Waals surface area contributed by atoms with Crippen molar-refractivity contribution in [2.45, 2.75) is 32.1 Å². The SMILES string of the molecule is CN1CCCNC(=O)/C=C\CC(=O)NCCCN(C)CCCN2C(=O)c3ccc4c5c(ccc(c35)C2=O)C(=O)N(CCC1)C4=O. The maximum Gasteiger partial charge on any atom is 0.261 e. The van der Waals surface area contributed by atoms with Crippen LogP contribution in [-0.4, -0.2) is 121 Å². The van der Waals surface area contributed by atoms with Gasteiger partial charge in [-0.1, -0.05) is 6.08 Å². The Labute approximate surface area is 262 Å². The number of carbonyl (C=O) groups excluding carboxylic acids is 6. The van der Waals surface area contributed by atoms with Gasteiger partial charge < -0.3 is 20.4 Å². The maximum absolute atomic E-state index is 13.5. The normalized spacial score (nSPS) is 21.4. The minimum atomic E-state index is -0.430. The molecule has 45 heavy (non-hydrogen) atoms. The summed E-state index contributed by atoms with van der Waals surface area (Å²) in [7, 11) is 3.88. The molecule has 0 spiro atoms. The van der Waals surface area contributed by atoms with Crippen molar-refractivity contribution < 1.29 is 28.8 Å². The van der Waals surface area contributed by atoms with E-state index in [2.05, 4.69) is 20.4 Å². The first-order valence-corrected chi connectivity index (χ1v) is 15.6. The Bertz CT molecular complexity index is 1500. The van der Waals surface area contributed by atoms with E-state index in [9.17, 15) is 28.8 Å². The quantitative estimate of drug-likeness (QED) is 0.426. The Balaban J connectivity index is 1.34. The van der Waals surface area contributed by atoms with E-state index in [0.29, 0.717) is 91.6 Å². The highest BCUT2D eigenvalue weighted by Gasteiger charge is 2.39. The molecule has 0 radical (unpaired) electrons. The van der Waals surface area contributed by atoms with Gasteiger partial charge in [0.05, 0.1) is 0 Å². The second kappa shape index (κ2) is 14.1. The fourth-order valence-electron chi connectivity index (χ4n) is 6.14. The molecule has 8 bridgehead atoms. The molecule has 0 unspecified atom stereocenters. The van der Waals surface area contributed by atoms with Gasteiger partial charge in [-0.2, -0.15) is 0 Å². The lowest BCUT2D eigenvalue weighted by molar-refractivity contribution is -0.120. The summed E-state index contributed by atoms with van der Waals surface area (Å²) in [6.45, 7) is 4.10. The second-order valence-corrected chi connectivity index (χ2v) is 11.9. The molecule has 2 aromatic rings. The summed E-state index contributed by atoms with van der Waals surface area (Å²) in [5.74, 6) is -2.13. The van der Waals surface area contributed by atoms with E-state index < -0.39 is 23.6 Å². The first kappa shape index (κ1) is 32.0. The molecule has 2 N–H and O–H groups in total. The van der Waals surface area contributed by atoms with Crippen LogP contribution in [-0.2, 0) is 9.59 Å². The van der Waals surface area contributed by atoms with E-state index in [4.69, 9.17) is 0 Å². The lowest BCUT2D eigenvalue weighted by Gasteiger charge is -2.32. The van der Waals surface area contributed by atoms with E-state index in [0.717, 1.165) is 6.42 Å². The van der Waals surface area contributed by atoms with Crippen molar-refractivity contribution in [3.05, 3.63) is 58.7 Å². The van der Waals surface area contributed by atoms with Gasteiger partial charge in [-0.3, -0.25) is 38.6 Å². The third-order valence-electron chi connectivity index (χ3n) is 8.53. The van der Waals surface area contributed by atoms with Crippen LogP contribution in [0.5, 0.6) is 0 Å². The van der Waals surface area contributed by atoms with Crippen molar-refractivity contribution in [2.24, 2.45) is 0 Å². The summed E-state index contributed by atoms with van der Waals surface area (Å²) in [4.78, 5) is 85.0. The van der Waals surface area contributed by atoms with Crippen molar-refractivity contribution in [1.29, 1.82) is 0 Å². The van der Waals surface area contributed by atoms with Gasteiger partial charge in [0, 0.05) is 65.6 Å². The number of nitrogens with one attached hydrogen (secondary N) is 2. The Morgan fingerprint density at radius 1 is 0.533 bits per heavy atom. The Morgan fingerprint density at radius 3 is 1.38 bits per heavy atom. The summed E-state index contributed by atoms with van der Waals surface area (Å²) in [6.07, 6.45) is 5.58. The predicted octanol–water partition coefficient (Wildman–Crippen LogP) is 1.65. The van der Waals surface area contributed by atoms with E-state index in [1.54, 1.807) is 30.3 Å². The third kappa shape index (κ3) is 6.97. The summed E-state index contributed by atoms with van der Waals surface area (Å²) in [5.41, 5.74) is 1.28. The molecule has 238 valence electrons. The molecule has 12 heteroatoms. The number of hydrogen-bond acceptors (Lipinski definition) is 8. The topological polar surface area (TPSA) is 139 Å². The molecule has 2 aromatic carbocycles. The molecule has 0 saturated carbocycles. The van der Waals surface area contributed by atoms with Crippen molar-refractivity contribution in [1.82, 2.24) is 30.2 Å². The van der Waals surface area contributed by atoms with Crippen molar-refractivity contribution in [2.75, 3.05) is 66.5 Å². The molecule has 5 aliphatic rings. The van der Waals surface area contributed by atoms with Crippen LogP contribution in [0.25, 0.3) is 10.8 Å². The summed E-state index contributed by atoms with van der Waals surface area (Å²) in [5, 5.41) is 6.43. The molecule has 5 aliphatic heterocycles. The molecule has 7 rings (SSSR count). The van der Waals surface area contributed by atoms with Gasteiger partial charge in [0.15, 0.2) is 0 Å². The van der Waals surface area contributed by atoms with Crippen LogP contribution in [0.3, 0.4) is 0 Å². The minimum absolute atomic E-state index is 0.116. The number of fused-ring (bicyclic) bond motifs is 2. The highest BCUT2D eigenvalue weighted by atomic mass is 16.2. The predicted molar refractivity (Wildman–Crippen MR) is 168 cm³/mol.